The second-order valence-corrected chi connectivity index (χ2v) is 6.60. The lowest BCUT2D eigenvalue weighted by Crippen LogP contribution is -2.36. The highest BCUT2D eigenvalue weighted by Crippen LogP contribution is 2.33. The second kappa shape index (κ2) is 9.75. The van der Waals surface area contributed by atoms with Crippen LogP contribution >= 0.6 is 0 Å². The zero-order valence-corrected chi connectivity index (χ0v) is 16.1. The summed E-state index contributed by atoms with van der Waals surface area (Å²) in [6, 6.07) is 3.71. The van der Waals surface area contributed by atoms with Crippen LogP contribution in [0.4, 0.5) is 13.2 Å². The van der Waals surface area contributed by atoms with Crippen LogP contribution in [0.15, 0.2) is 41.6 Å². The highest BCUT2D eigenvalue weighted by Gasteiger charge is 2.34. The number of carbonyl (C=O) groups is 1. The van der Waals surface area contributed by atoms with E-state index in [0.29, 0.717) is 32.0 Å². The van der Waals surface area contributed by atoms with Gasteiger partial charge >= 0.3 is 6.18 Å². The Kier molecular flexibility index (Phi) is 7.65. The monoisotopic (exact) mass is 397 g/mol. The van der Waals surface area contributed by atoms with Crippen molar-refractivity contribution in [1.29, 1.82) is 0 Å². The standard InChI is InChI=1S/C20H26F3N3O2/c1-3-14(2)18(24)6-7-25-19(27)15-4-5-16(17(12-15)20(21,22)23)13-26-8-10-28-11-9-26/h3-6,12H,7-11,13,24H2,1-2H3,(H,25,27)/b14-3-,18-6+. The summed E-state index contributed by atoms with van der Waals surface area (Å²) in [5.74, 6) is -0.578. The maximum atomic E-state index is 13.5. The molecule has 154 valence electrons. The Hall–Kier alpha value is -2.32. The van der Waals surface area contributed by atoms with Crippen molar-refractivity contribution in [3.8, 4) is 0 Å². The van der Waals surface area contributed by atoms with Gasteiger partial charge in [0.2, 0.25) is 0 Å². The molecule has 28 heavy (non-hydrogen) atoms. The van der Waals surface area contributed by atoms with Crippen LogP contribution < -0.4 is 11.1 Å². The topological polar surface area (TPSA) is 67.6 Å². The minimum absolute atomic E-state index is 0.0345. The number of hydrogen-bond donors (Lipinski definition) is 2. The number of carbonyl (C=O) groups excluding carboxylic acids is 1. The van der Waals surface area contributed by atoms with Gasteiger partial charge in [-0.3, -0.25) is 9.69 Å². The Morgan fingerprint density at radius 3 is 2.61 bits per heavy atom. The summed E-state index contributed by atoms with van der Waals surface area (Å²) in [6.45, 7) is 6.14. The first-order valence-electron chi connectivity index (χ1n) is 9.09. The highest BCUT2D eigenvalue weighted by atomic mass is 19.4. The minimum Gasteiger partial charge on any atom is -0.399 e. The predicted octanol–water partition coefficient (Wildman–Crippen LogP) is 3.08. The SMILES string of the molecule is C/C=C(C)\C(N)=C/CNC(=O)c1ccc(CN2CCOCC2)c(C(F)(F)F)c1. The fourth-order valence-electron chi connectivity index (χ4n) is 2.80. The molecule has 0 aromatic heterocycles. The molecule has 5 nitrogen and oxygen atoms in total. The maximum Gasteiger partial charge on any atom is 0.416 e. The van der Waals surface area contributed by atoms with Crippen molar-refractivity contribution in [1.82, 2.24) is 10.2 Å². The number of rotatable bonds is 6. The molecule has 3 N–H and O–H groups in total. The Morgan fingerprint density at radius 2 is 2.00 bits per heavy atom. The molecular formula is C20H26F3N3O2. The second-order valence-electron chi connectivity index (χ2n) is 6.60. The Morgan fingerprint density at radius 1 is 1.32 bits per heavy atom. The molecule has 1 amide bonds. The number of nitrogens with two attached hydrogens (primary N) is 1. The van der Waals surface area contributed by atoms with Crippen LogP contribution in [0.3, 0.4) is 0 Å². The fraction of sp³-hybridized carbons (Fsp3) is 0.450. The van der Waals surface area contributed by atoms with Crippen molar-refractivity contribution < 1.29 is 22.7 Å². The van der Waals surface area contributed by atoms with Crippen LogP contribution in [0, 0.1) is 0 Å². The predicted molar refractivity (Wildman–Crippen MR) is 102 cm³/mol. The van der Waals surface area contributed by atoms with Crippen LogP contribution in [-0.4, -0.2) is 43.7 Å². The molecule has 0 bridgehead atoms. The van der Waals surface area contributed by atoms with E-state index in [1.54, 1.807) is 6.08 Å². The number of alkyl halides is 3. The molecule has 1 heterocycles. The average molecular weight is 397 g/mol. The lowest BCUT2D eigenvalue weighted by atomic mass is 10.0. The minimum atomic E-state index is -4.54. The first kappa shape index (κ1) is 22.0. The van der Waals surface area contributed by atoms with Crippen LogP contribution in [0.1, 0.15) is 35.3 Å². The third kappa shape index (κ3) is 6.10. The molecule has 1 saturated heterocycles. The average Bonchev–Trinajstić information content (AvgIpc) is 2.67. The maximum absolute atomic E-state index is 13.5. The van der Waals surface area contributed by atoms with Gasteiger partial charge in [-0.15, -0.1) is 0 Å². The Balaban J connectivity index is 2.13. The third-order valence-corrected chi connectivity index (χ3v) is 4.65. The number of nitrogens with zero attached hydrogens (tertiary/aromatic N) is 1. The van der Waals surface area contributed by atoms with Crippen LogP contribution in [0.25, 0.3) is 0 Å². The first-order chi connectivity index (χ1) is 13.2. The molecule has 0 radical (unpaired) electrons. The number of allylic oxidation sites excluding steroid dienone is 2. The number of benzene rings is 1. The van der Waals surface area contributed by atoms with Gasteiger partial charge in [-0.2, -0.15) is 13.2 Å². The molecular weight excluding hydrogens is 371 g/mol. The van der Waals surface area contributed by atoms with Gasteiger partial charge in [0.15, 0.2) is 0 Å². The normalized spacial score (nSPS) is 16.9. The van der Waals surface area contributed by atoms with Crippen LogP contribution in [0.5, 0.6) is 0 Å². The summed E-state index contributed by atoms with van der Waals surface area (Å²) in [5, 5.41) is 2.57. The molecule has 1 fully saturated rings. The van der Waals surface area contributed by atoms with E-state index in [1.165, 1.54) is 12.1 Å². The first-order valence-corrected chi connectivity index (χ1v) is 9.09. The molecule has 8 heteroatoms. The van der Waals surface area contributed by atoms with E-state index >= 15 is 0 Å². The van der Waals surface area contributed by atoms with Gasteiger partial charge in [0.05, 0.1) is 18.8 Å². The van der Waals surface area contributed by atoms with Crippen molar-refractivity contribution >= 4 is 5.91 Å². The lowest BCUT2D eigenvalue weighted by Gasteiger charge is -2.27. The van der Waals surface area contributed by atoms with Crippen molar-refractivity contribution in [2.45, 2.75) is 26.6 Å². The van der Waals surface area contributed by atoms with Crippen molar-refractivity contribution in [2.75, 3.05) is 32.8 Å². The molecule has 1 aromatic rings. The van der Waals surface area contributed by atoms with Crippen molar-refractivity contribution in [3.63, 3.8) is 0 Å². The van der Waals surface area contributed by atoms with Gasteiger partial charge in [0.25, 0.3) is 5.91 Å². The number of hydrogen-bond acceptors (Lipinski definition) is 4. The zero-order valence-electron chi connectivity index (χ0n) is 16.1. The molecule has 0 saturated carbocycles. The van der Waals surface area contributed by atoms with E-state index in [2.05, 4.69) is 5.32 Å². The molecule has 0 aliphatic carbocycles. The van der Waals surface area contributed by atoms with E-state index < -0.39 is 17.6 Å². The third-order valence-electron chi connectivity index (χ3n) is 4.65. The molecule has 1 aliphatic rings. The number of ether oxygens (including phenoxy) is 1. The van der Waals surface area contributed by atoms with Crippen LogP contribution in [-0.2, 0) is 17.5 Å². The summed E-state index contributed by atoms with van der Waals surface area (Å²) in [7, 11) is 0. The quantitative estimate of drug-likeness (QED) is 0.724. The summed E-state index contributed by atoms with van der Waals surface area (Å²) >= 11 is 0. The van der Waals surface area contributed by atoms with Gasteiger partial charge in [0, 0.05) is 37.4 Å². The number of amides is 1. The Labute approximate surface area is 163 Å². The largest absolute Gasteiger partial charge is 0.416 e. The summed E-state index contributed by atoms with van der Waals surface area (Å²) < 4.78 is 45.8. The molecule has 1 aliphatic heterocycles. The molecule has 0 spiro atoms. The van der Waals surface area contributed by atoms with Crippen LogP contribution in [0.2, 0.25) is 0 Å². The molecule has 0 atom stereocenters. The Bertz CT molecular complexity index is 752. The molecule has 0 unspecified atom stereocenters. The smallest absolute Gasteiger partial charge is 0.399 e. The summed E-state index contributed by atoms with van der Waals surface area (Å²) in [4.78, 5) is 14.2. The molecule has 2 rings (SSSR count). The number of halogens is 3. The van der Waals surface area contributed by atoms with Gasteiger partial charge in [-0.05, 0) is 43.2 Å². The highest BCUT2D eigenvalue weighted by molar-refractivity contribution is 5.94. The lowest BCUT2D eigenvalue weighted by molar-refractivity contribution is -0.138. The van der Waals surface area contributed by atoms with Gasteiger partial charge < -0.3 is 15.8 Å². The van der Waals surface area contributed by atoms with Gasteiger partial charge in [-0.25, -0.2) is 0 Å². The number of morpholine rings is 1. The fourth-order valence-corrected chi connectivity index (χ4v) is 2.80. The van der Waals surface area contributed by atoms with Gasteiger partial charge in [0.1, 0.15) is 0 Å². The van der Waals surface area contributed by atoms with Crippen molar-refractivity contribution in [3.05, 3.63) is 58.3 Å². The van der Waals surface area contributed by atoms with E-state index in [-0.39, 0.29) is 24.2 Å². The molecule has 1 aromatic carbocycles. The zero-order chi connectivity index (χ0) is 20.7. The van der Waals surface area contributed by atoms with E-state index in [0.717, 1.165) is 11.6 Å². The van der Waals surface area contributed by atoms with E-state index in [9.17, 15) is 18.0 Å². The van der Waals surface area contributed by atoms with Crippen molar-refractivity contribution in [2.24, 2.45) is 5.73 Å². The van der Waals surface area contributed by atoms with E-state index in [1.807, 2.05) is 24.8 Å². The summed E-state index contributed by atoms with van der Waals surface area (Å²) in [5.41, 5.74) is 6.53. The number of nitrogens with one attached hydrogen (secondary N) is 1. The van der Waals surface area contributed by atoms with E-state index in [4.69, 9.17) is 10.5 Å². The van der Waals surface area contributed by atoms with Gasteiger partial charge in [-0.1, -0.05) is 12.1 Å². The summed E-state index contributed by atoms with van der Waals surface area (Å²) in [6.07, 6.45) is -1.09.